The first kappa shape index (κ1) is 23.8. The second-order valence-electron chi connectivity index (χ2n) is 8.77. The molecular formula is C27H37N3O2. The van der Waals surface area contributed by atoms with Crippen molar-refractivity contribution in [1.29, 1.82) is 0 Å². The standard InChI is InChI=1S/C27H37N3O2/c1-4-6-12-21(5-2)26(31)29-23-15-16-25(30-17-10-11-18-30)24(19-23)27(32)28-20(3)22-13-8-7-9-14-22/h7-9,13-16,19-21H,4-6,10-12,17-18H2,1-3H3,(H,28,32)(H,29,31)/t20-,21-/m1/s1. The van der Waals surface area contributed by atoms with Gasteiger partial charge >= 0.3 is 0 Å². The zero-order chi connectivity index (χ0) is 22.9. The molecule has 0 aromatic heterocycles. The van der Waals surface area contributed by atoms with E-state index in [2.05, 4.69) is 29.4 Å². The van der Waals surface area contributed by atoms with E-state index in [1.54, 1.807) is 0 Å². The van der Waals surface area contributed by atoms with Crippen LogP contribution in [0.5, 0.6) is 0 Å². The highest BCUT2D eigenvalue weighted by Crippen LogP contribution is 2.29. The fourth-order valence-corrected chi connectivity index (χ4v) is 4.34. The number of carbonyl (C=O) groups excluding carboxylic acids is 2. The summed E-state index contributed by atoms with van der Waals surface area (Å²) in [6, 6.07) is 15.6. The van der Waals surface area contributed by atoms with Crippen LogP contribution in [0.2, 0.25) is 0 Å². The van der Waals surface area contributed by atoms with Gasteiger partial charge in [-0.2, -0.15) is 0 Å². The van der Waals surface area contributed by atoms with Crippen molar-refractivity contribution in [3.05, 3.63) is 59.7 Å². The Bertz CT molecular complexity index is 891. The lowest BCUT2D eigenvalue weighted by Gasteiger charge is -2.23. The van der Waals surface area contributed by atoms with Crippen LogP contribution in [0.15, 0.2) is 48.5 Å². The Morgan fingerprint density at radius 1 is 1.03 bits per heavy atom. The topological polar surface area (TPSA) is 61.4 Å². The van der Waals surface area contributed by atoms with Gasteiger partial charge in [0.2, 0.25) is 5.91 Å². The lowest BCUT2D eigenvalue weighted by molar-refractivity contribution is -0.120. The van der Waals surface area contributed by atoms with E-state index in [1.165, 1.54) is 0 Å². The zero-order valence-corrected chi connectivity index (χ0v) is 19.7. The number of rotatable bonds is 10. The minimum atomic E-state index is -0.114. The van der Waals surface area contributed by atoms with Crippen molar-refractivity contribution in [2.24, 2.45) is 5.92 Å². The molecule has 0 aliphatic carbocycles. The molecule has 0 spiro atoms. The van der Waals surface area contributed by atoms with Gasteiger partial charge in [-0.15, -0.1) is 0 Å². The average Bonchev–Trinajstić information content (AvgIpc) is 3.35. The first-order valence-corrected chi connectivity index (χ1v) is 12.1. The molecule has 2 N–H and O–H groups in total. The largest absolute Gasteiger partial charge is 0.371 e. The Morgan fingerprint density at radius 2 is 1.75 bits per heavy atom. The zero-order valence-electron chi connectivity index (χ0n) is 19.7. The summed E-state index contributed by atoms with van der Waals surface area (Å²) in [6.45, 7) is 8.10. The van der Waals surface area contributed by atoms with Crippen LogP contribution in [0.1, 0.15) is 81.3 Å². The normalized spacial score (nSPS) is 15.3. The van der Waals surface area contributed by atoms with Crippen molar-refractivity contribution < 1.29 is 9.59 Å². The molecule has 32 heavy (non-hydrogen) atoms. The summed E-state index contributed by atoms with van der Waals surface area (Å²) in [5.41, 5.74) is 3.31. The van der Waals surface area contributed by atoms with E-state index in [9.17, 15) is 9.59 Å². The molecule has 2 amide bonds. The number of hydrogen-bond donors (Lipinski definition) is 2. The summed E-state index contributed by atoms with van der Waals surface area (Å²) in [6.07, 6.45) is 6.11. The van der Waals surface area contributed by atoms with Crippen molar-refractivity contribution in [2.45, 2.75) is 65.3 Å². The molecule has 0 bridgehead atoms. The maximum absolute atomic E-state index is 13.3. The Kier molecular flexibility index (Phi) is 8.72. The lowest BCUT2D eigenvalue weighted by atomic mass is 9.98. The highest BCUT2D eigenvalue weighted by Gasteiger charge is 2.23. The number of amides is 2. The monoisotopic (exact) mass is 435 g/mol. The molecule has 1 fully saturated rings. The summed E-state index contributed by atoms with van der Waals surface area (Å²) < 4.78 is 0. The Labute approximate surface area is 192 Å². The molecule has 5 heteroatoms. The number of benzene rings is 2. The SMILES string of the molecule is CCCC[C@@H](CC)C(=O)Nc1ccc(N2CCCC2)c(C(=O)N[C@H](C)c2ccccc2)c1. The van der Waals surface area contributed by atoms with Crippen LogP contribution >= 0.6 is 0 Å². The van der Waals surface area contributed by atoms with Crippen LogP contribution in [0.4, 0.5) is 11.4 Å². The van der Waals surface area contributed by atoms with Crippen molar-refractivity contribution >= 4 is 23.2 Å². The van der Waals surface area contributed by atoms with E-state index in [-0.39, 0.29) is 23.8 Å². The summed E-state index contributed by atoms with van der Waals surface area (Å²) >= 11 is 0. The minimum absolute atomic E-state index is 0.00332. The second kappa shape index (κ2) is 11.7. The first-order valence-electron chi connectivity index (χ1n) is 12.1. The van der Waals surface area contributed by atoms with Crippen molar-refractivity contribution in [3.8, 4) is 0 Å². The molecule has 2 aromatic rings. The number of carbonyl (C=O) groups is 2. The van der Waals surface area contributed by atoms with Crippen LogP contribution in [0, 0.1) is 5.92 Å². The van der Waals surface area contributed by atoms with Crippen LogP contribution in [0.3, 0.4) is 0 Å². The molecule has 5 nitrogen and oxygen atoms in total. The smallest absolute Gasteiger partial charge is 0.253 e. The maximum Gasteiger partial charge on any atom is 0.253 e. The van der Waals surface area contributed by atoms with Gasteiger partial charge in [0.1, 0.15) is 0 Å². The third kappa shape index (κ3) is 6.12. The van der Waals surface area contributed by atoms with Gasteiger partial charge in [0.15, 0.2) is 0 Å². The minimum Gasteiger partial charge on any atom is -0.371 e. The number of hydrogen-bond acceptors (Lipinski definition) is 3. The summed E-state index contributed by atoms with van der Waals surface area (Å²) in [4.78, 5) is 28.4. The van der Waals surface area contributed by atoms with Gasteiger partial charge in [0.25, 0.3) is 5.91 Å². The van der Waals surface area contributed by atoms with Gasteiger partial charge in [-0.25, -0.2) is 0 Å². The molecule has 1 aliphatic rings. The van der Waals surface area contributed by atoms with Crippen LogP contribution < -0.4 is 15.5 Å². The Hall–Kier alpha value is -2.82. The fourth-order valence-electron chi connectivity index (χ4n) is 4.34. The summed E-state index contributed by atoms with van der Waals surface area (Å²) in [5, 5.41) is 6.20. The van der Waals surface area contributed by atoms with Crippen molar-refractivity contribution in [1.82, 2.24) is 5.32 Å². The fraction of sp³-hybridized carbons (Fsp3) is 0.481. The van der Waals surface area contributed by atoms with Gasteiger partial charge in [0.05, 0.1) is 11.6 Å². The first-order chi connectivity index (χ1) is 15.5. The van der Waals surface area contributed by atoms with Crippen LogP contribution in [-0.2, 0) is 4.79 Å². The number of nitrogens with one attached hydrogen (secondary N) is 2. The molecule has 0 radical (unpaired) electrons. The summed E-state index contributed by atoms with van der Waals surface area (Å²) in [5.74, 6) is -0.0696. The predicted octanol–water partition coefficient (Wildman–Crippen LogP) is 5.93. The highest BCUT2D eigenvalue weighted by molar-refractivity contribution is 6.02. The number of anilines is 2. The molecule has 172 valence electrons. The van der Waals surface area contributed by atoms with Gasteiger partial charge in [0, 0.05) is 30.4 Å². The predicted molar refractivity (Wildman–Crippen MR) is 132 cm³/mol. The molecule has 1 aliphatic heterocycles. The van der Waals surface area contributed by atoms with E-state index in [0.29, 0.717) is 11.3 Å². The molecule has 0 unspecified atom stereocenters. The molecule has 1 heterocycles. The highest BCUT2D eigenvalue weighted by atomic mass is 16.2. The van der Waals surface area contributed by atoms with Gasteiger partial charge in [-0.3, -0.25) is 9.59 Å². The van der Waals surface area contributed by atoms with E-state index in [0.717, 1.165) is 62.9 Å². The lowest BCUT2D eigenvalue weighted by Crippen LogP contribution is -2.30. The van der Waals surface area contributed by atoms with Crippen LogP contribution in [-0.4, -0.2) is 24.9 Å². The van der Waals surface area contributed by atoms with E-state index >= 15 is 0 Å². The molecule has 2 aromatic carbocycles. The van der Waals surface area contributed by atoms with Crippen molar-refractivity contribution in [2.75, 3.05) is 23.3 Å². The molecule has 3 rings (SSSR count). The molecular weight excluding hydrogens is 398 g/mol. The van der Waals surface area contributed by atoms with E-state index < -0.39 is 0 Å². The van der Waals surface area contributed by atoms with Gasteiger partial charge in [-0.1, -0.05) is 57.0 Å². The van der Waals surface area contributed by atoms with Gasteiger partial charge < -0.3 is 15.5 Å². The number of nitrogens with zero attached hydrogens (tertiary/aromatic N) is 1. The van der Waals surface area contributed by atoms with E-state index in [1.807, 2.05) is 55.5 Å². The van der Waals surface area contributed by atoms with Crippen molar-refractivity contribution in [3.63, 3.8) is 0 Å². The average molecular weight is 436 g/mol. The van der Waals surface area contributed by atoms with Crippen LogP contribution in [0.25, 0.3) is 0 Å². The van der Waals surface area contributed by atoms with E-state index in [4.69, 9.17) is 0 Å². The summed E-state index contributed by atoms with van der Waals surface area (Å²) in [7, 11) is 0. The molecule has 0 saturated carbocycles. The van der Waals surface area contributed by atoms with Gasteiger partial charge in [-0.05, 0) is 56.4 Å². The third-order valence-electron chi connectivity index (χ3n) is 6.37. The molecule has 2 atom stereocenters. The second-order valence-corrected chi connectivity index (χ2v) is 8.77. The quantitative estimate of drug-likeness (QED) is 0.486. The Morgan fingerprint density at radius 3 is 2.41 bits per heavy atom. The molecule has 1 saturated heterocycles. The maximum atomic E-state index is 13.3. The third-order valence-corrected chi connectivity index (χ3v) is 6.37. The Balaban J connectivity index is 1.81. The number of unbranched alkanes of at least 4 members (excludes halogenated alkanes) is 1.